The predicted molar refractivity (Wildman–Crippen MR) is 119 cm³/mol. The molecule has 2 aliphatic rings. The smallest absolute Gasteiger partial charge is 0.257 e. The lowest BCUT2D eigenvalue weighted by molar-refractivity contribution is -0.120. The van der Waals surface area contributed by atoms with Crippen LogP contribution in [0.1, 0.15) is 50.8 Å². The highest BCUT2D eigenvalue weighted by molar-refractivity contribution is 7.16. The van der Waals surface area contributed by atoms with E-state index in [1.807, 2.05) is 54.3 Å². The average Bonchev–Trinajstić information content (AvgIpc) is 3.37. The molecule has 2 heterocycles. The molecule has 6 heteroatoms. The number of para-hydroxylation sites is 1. The van der Waals surface area contributed by atoms with Crippen LogP contribution in [0.25, 0.3) is 0 Å². The lowest BCUT2D eigenvalue weighted by atomic mass is 9.90. The molecule has 0 spiro atoms. The van der Waals surface area contributed by atoms with Crippen molar-refractivity contribution in [2.24, 2.45) is 0 Å². The molecule has 30 heavy (non-hydrogen) atoms. The first-order valence-electron chi connectivity index (χ1n) is 10.4. The van der Waals surface area contributed by atoms with Crippen LogP contribution in [0, 0.1) is 6.92 Å². The number of carbonyl (C=O) groups excluding carboxylic acids is 2. The fraction of sp³-hybridized carbons (Fsp3) is 0.292. The van der Waals surface area contributed by atoms with E-state index in [4.69, 9.17) is 4.98 Å². The van der Waals surface area contributed by atoms with E-state index in [-0.39, 0.29) is 17.7 Å². The number of anilines is 2. The topological polar surface area (TPSA) is 62.3 Å². The number of fused-ring (bicyclic) bond motifs is 2. The predicted octanol–water partition coefficient (Wildman–Crippen LogP) is 4.71. The van der Waals surface area contributed by atoms with E-state index in [0.717, 1.165) is 54.0 Å². The van der Waals surface area contributed by atoms with Gasteiger partial charge in [-0.3, -0.25) is 14.9 Å². The van der Waals surface area contributed by atoms with Crippen molar-refractivity contribution in [3.05, 3.63) is 75.8 Å². The van der Waals surface area contributed by atoms with Crippen molar-refractivity contribution in [3.8, 4) is 0 Å². The Bertz CT molecular complexity index is 1120. The molecule has 1 aliphatic carbocycles. The third kappa shape index (κ3) is 3.41. The molecule has 0 fully saturated rings. The molecular formula is C24H23N3O2S. The van der Waals surface area contributed by atoms with Gasteiger partial charge in [0, 0.05) is 22.7 Å². The van der Waals surface area contributed by atoms with Gasteiger partial charge in [-0.15, -0.1) is 11.3 Å². The van der Waals surface area contributed by atoms with Crippen LogP contribution in [0.2, 0.25) is 0 Å². The highest BCUT2D eigenvalue weighted by Gasteiger charge is 2.35. The number of nitrogens with one attached hydrogen (secondary N) is 1. The Hall–Kier alpha value is -2.99. The second-order valence-corrected chi connectivity index (χ2v) is 9.04. The van der Waals surface area contributed by atoms with Gasteiger partial charge in [0.05, 0.1) is 11.6 Å². The van der Waals surface area contributed by atoms with Gasteiger partial charge in [-0.1, -0.05) is 35.9 Å². The fourth-order valence-electron chi connectivity index (χ4n) is 4.34. The zero-order valence-electron chi connectivity index (χ0n) is 16.9. The maximum Gasteiger partial charge on any atom is 0.257 e. The molecule has 0 bridgehead atoms. The van der Waals surface area contributed by atoms with Crippen molar-refractivity contribution >= 4 is 34.0 Å². The van der Waals surface area contributed by atoms with Gasteiger partial charge in [0.15, 0.2) is 5.13 Å². The summed E-state index contributed by atoms with van der Waals surface area (Å²) in [5, 5.41) is 3.50. The Kier molecular flexibility index (Phi) is 4.87. The lowest BCUT2D eigenvalue weighted by Crippen LogP contribution is -2.35. The normalized spacial score (nSPS) is 17.4. The molecule has 2 amide bonds. The van der Waals surface area contributed by atoms with Gasteiger partial charge >= 0.3 is 0 Å². The number of rotatable bonds is 3. The Morgan fingerprint density at radius 2 is 1.90 bits per heavy atom. The van der Waals surface area contributed by atoms with Crippen molar-refractivity contribution in [3.63, 3.8) is 0 Å². The van der Waals surface area contributed by atoms with Gasteiger partial charge in [0.25, 0.3) is 5.91 Å². The van der Waals surface area contributed by atoms with E-state index >= 15 is 0 Å². The van der Waals surface area contributed by atoms with Crippen molar-refractivity contribution in [1.82, 2.24) is 4.98 Å². The van der Waals surface area contributed by atoms with E-state index in [1.54, 1.807) is 0 Å². The highest BCUT2D eigenvalue weighted by atomic mass is 32.1. The maximum atomic E-state index is 13.4. The first kappa shape index (κ1) is 19.0. The number of carbonyl (C=O) groups is 2. The van der Waals surface area contributed by atoms with Crippen LogP contribution >= 0.6 is 11.3 Å². The summed E-state index contributed by atoms with van der Waals surface area (Å²) in [5.74, 6) is -0.277. The van der Waals surface area contributed by atoms with Gasteiger partial charge < -0.3 is 4.90 Å². The average molecular weight is 418 g/mol. The maximum absolute atomic E-state index is 13.4. The van der Waals surface area contributed by atoms with E-state index in [9.17, 15) is 9.59 Å². The molecule has 0 radical (unpaired) electrons. The number of aromatic nitrogens is 1. The zero-order valence-corrected chi connectivity index (χ0v) is 17.7. The molecule has 3 aromatic rings. The third-order valence-electron chi connectivity index (χ3n) is 5.94. The molecule has 152 valence electrons. The van der Waals surface area contributed by atoms with Crippen LogP contribution in [-0.4, -0.2) is 23.3 Å². The number of thiazole rings is 1. The van der Waals surface area contributed by atoms with Crippen LogP contribution in [0.5, 0.6) is 0 Å². The lowest BCUT2D eigenvalue weighted by Gasteiger charge is -2.26. The number of benzene rings is 2. The van der Waals surface area contributed by atoms with E-state index in [2.05, 4.69) is 11.4 Å². The number of hydrogen-bond donors (Lipinski definition) is 1. The quantitative estimate of drug-likeness (QED) is 0.671. The monoisotopic (exact) mass is 417 g/mol. The van der Waals surface area contributed by atoms with Crippen LogP contribution < -0.4 is 10.2 Å². The molecule has 0 saturated carbocycles. The fourth-order valence-corrected chi connectivity index (χ4v) is 5.40. The first-order chi connectivity index (χ1) is 14.6. The summed E-state index contributed by atoms with van der Waals surface area (Å²) in [6.45, 7) is 2.72. The summed E-state index contributed by atoms with van der Waals surface area (Å²) in [6, 6.07) is 15.6. The number of aryl methyl sites for hydroxylation is 2. The number of hydrogen-bond acceptors (Lipinski definition) is 4. The largest absolute Gasteiger partial charge is 0.311 e. The molecule has 1 unspecified atom stereocenters. The van der Waals surface area contributed by atoms with E-state index in [0.29, 0.717) is 10.7 Å². The summed E-state index contributed by atoms with van der Waals surface area (Å²) >= 11 is 1.50. The van der Waals surface area contributed by atoms with Crippen molar-refractivity contribution in [2.75, 3.05) is 16.8 Å². The summed E-state index contributed by atoms with van der Waals surface area (Å²) in [6.07, 6.45) is 3.58. The summed E-state index contributed by atoms with van der Waals surface area (Å²) < 4.78 is 0. The standard InChI is InChI=1S/C24H23N3O2S/c1-15-9-11-17(12-10-15)22(28)26-24-25-21-18(6-4-8-20(21)30-24)23(29)27-14-13-16-5-2-3-7-19(16)27/h2-3,5,7,9-12,18H,4,6,8,13-14H2,1H3,(H,25,26,28). The van der Waals surface area contributed by atoms with Crippen molar-refractivity contribution in [2.45, 2.75) is 38.5 Å². The van der Waals surface area contributed by atoms with Gasteiger partial charge in [-0.2, -0.15) is 0 Å². The molecule has 5 nitrogen and oxygen atoms in total. The van der Waals surface area contributed by atoms with Gasteiger partial charge in [0.1, 0.15) is 0 Å². The molecule has 0 saturated heterocycles. The minimum Gasteiger partial charge on any atom is -0.311 e. The highest BCUT2D eigenvalue weighted by Crippen LogP contribution is 2.39. The van der Waals surface area contributed by atoms with E-state index < -0.39 is 0 Å². The minimum atomic E-state index is -0.235. The SMILES string of the molecule is Cc1ccc(C(=O)Nc2nc3c(s2)CCCC3C(=O)N2CCc3ccccc32)cc1. The van der Waals surface area contributed by atoms with Gasteiger partial charge in [-0.05, 0) is 56.4 Å². The Morgan fingerprint density at radius 1 is 1.10 bits per heavy atom. The molecule has 1 N–H and O–H groups in total. The van der Waals surface area contributed by atoms with Crippen molar-refractivity contribution < 1.29 is 9.59 Å². The summed E-state index contributed by atoms with van der Waals surface area (Å²) in [4.78, 5) is 33.7. The Morgan fingerprint density at radius 3 is 2.73 bits per heavy atom. The van der Waals surface area contributed by atoms with Crippen LogP contribution in [0.4, 0.5) is 10.8 Å². The van der Waals surface area contributed by atoms with Crippen LogP contribution in [-0.2, 0) is 17.6 Å². The van der Waals surface area contributed by atoms with E-state index in [1.165, 1.54) is 16.9 Å². The molecule has 5 rings (SSSR count). The zero-order chi connectivity index (χ0) is 20.7. The Labute approximate surface area is 179 Å². The minimum absolute atomic E-state index is 0.127. The second-order valence-electron chi connectivity index (χ2n) is 7.96. The van der Waals surface area contributed by atoms with Gasteiger partial charge in [0.2, 0.25) is 5.91 Å². The molecule has 1 aromatic heterocycles. The Balaban J connectivity index is 1.37. The van der Waals surface area contributed by atoms with Crippen LogP contribution in [0.15, 0.2) is 48.5 Å². The number of nitrogens with zero attached hydrogens (tertiary/aromatic N) is 2. The first-order valence-corrected chi connectivity index (χ1v) is 11.2. The van der Waals surface area contributed by atoms with Crippen molar-refractivity contribution in [1.29, 1.82) is 0 Å². The number of amides is 2. The second kappa shape index (κ2) is 7.69. The molecule has 1 aliphatic heterocycles. The molecule has 2 aromatic carbocycles. The summed E-state index contributed by atoms with van der Waals surface area (Å²) in [5.41, 5.74) is 4.82. The third-order valence-corrected chi connectivity index (χ3v) is 6.99. The summed E-state index contributed by atoms with van der Waals surface area (Å²) in [7, 11) is 0. The molecule has 1 atom stereocenters. The van der Waals surface area contributed by atoms with Crippen LogP contribution in [0.3, 0.4) is 0 Å². The van der Waals surface area contributed by atoms with Gasteiger partial charge in [-0.25, -0.2) is 4.98 Å². The molecular weight excluding hydrogens is 394 g/mol.